The van der Waals surface area contributed by atoms with Crippen molar-refractivity contribution >= 4 is 23.0 Å². The molecular formula is C15H21N3O. The van der Waals surface area contributed by atoms with Gasteiger partial charge in [0.25, 0.3) is 0 Å². The Morgan fingerprint density at radius 3 is 2.89 bits per heavy atom. The maximum Gasteiger partial charge on any atom is 0.224 e. The summed E-state index contributed by atoms with van der Waals surface area (Å²) >= 11 is 0. The van der Waals surface area contributed by atoms with Crippen LogP contribution in [0.1, 0.15) is 37.7 Å². The Kier molecular flexibility index (Phi) is 3.32. The van der Waals surface area contributed by atoms with Crippen LogP contribution in [0.3, 0.4) is 0 Å². The van der Waals surface area contributed by atoms with Crippen LogP contribution in [-0.2, 0) is 11.2 Å². The largest absolute Gasteiger partial charge is 0.397 e. The number of benzene rings is 1. The van der Waals surface area contributed by atoms with Gasteiger partial charge in [-0.3, -0.25) is 4.79 Å². The van der Waals surface area contributed by atoms with Gasteiger partial charge in [0.15, 0.2) is 0 Å². The average Bonchev–Trinajstić information content (AvgIpc) is 2.33. The molecule has 1 aliphatic carbocycles. The second-order valence-corrected chi connectivity index (χ2v) is 5.66. The maximum atomic E-state index is 11.4. The number of rotatable bonds is 4. The fourth-order valence-electron chi connectivity index (χ4n) is 2.79. The summed E-state index contributed by atoms with van der Waals surface area (Å²) in [7, 11) is 0. The van der Waals surface area contributed by atoms with Gasteiger partial charge in [-0.1, -0.05) is 19.3 Å². The van der Waals surface area contributed by atoms with Crippen molar-refractivity contribution in [1.82, 2.24) is 0 Å². The van der Waals surface area contributed by atoms with Crippen molar-refractivity contribution < 1.29 is 4.79 Å². The summed E-state index contributed by atoms with van der Waals surface area (Å²) in [4.78, 5) is 11.4. The zero-order valence-corrected chi connectivity index (χ0v) is 11.2. The first-order chi connectivity index (χ1) is 9.22. The number of aryl methyl sites for hydroxylation is 1. The van der Waals surface area contributed by atoms with Gasteiger partial charge in [-0.2, -0.15) is 0 Å². The van der Waals surface area contributed by atoms with Crippen LogP contribution in [0.15, 0.2) is 12.1 Å². The van der Waals surface area contributed by atoms with Crippen LogP contribution in [0.4, 0.5) is 17.1 Å². The molecule has 4 nitrogen and oxygen atoms in total. The van der Waals surface area contributed by atoms with E-state index in [1.54, 1.807) is 0 Å². The van der Waals surface area contributed by atoms with Crippen molar-refractivity contribution in [3.8, 4) is 0 Å². The average molecular weight is 259 g/mol. The second kappa shape index (κ2) is 5.11. The lowest BCUT2D eigenvalue weighted by molar-refractivity contribution is -0.116. The Morgan fingerprint density at radius 1 is 1.32 bits per heavy atom. The molecule has 4 heteroatoms. The van der Waals surface area contributed by atoms with Gasteiger partial charge in [-0.25, -0.2) is 0 Å². The Balaban J connectivity index is 1.66. The molecule has 0 radical (unpaired) electrons. The van der Waals surface area contributed by atoms with Crippen molar-refractivity contribution in [1.29, 1.82) is 0 Å². The molecule has 102 valence electrons. The van der Waals surface area contributed by atoms with Crippen LogP contribution in [0.2, 0.25) is 0 Å². The molecular weight excluding hydrogens is 238 g/mol. The number of nitrogens with one attached hydrogen (secondary N) is 2. The fraction of sp³-hybridized carbons (Fsp3) is 0.533. The smallest absolute Gasteiger partial charge is 0.224 e. The van der Waals surface area contributed by atoms with Crippen molar-refractivity contribution in [3.05, 3.63) is 17.7 Å². The quantitative estimate of drug-likeness (QED) is 0.728. The SMILES string of the molecule is Nc1cc2c(cc1NCCC1CCC1)NC(=O)CC2. The number of carbonyl (C=O) groups is 1. The molecule has 4 N–H and O–H groups in total. The molecule has 1 aliphatic heterocycles. The number of carbonyl (C=O) groups excluding carboxylic acids is 1. The topological polar surface area (TPSA) is 67.2 Å². The van der Waals surface area contributed by atoms with Gasteiger partial charge in [-0.05, 0) is 36.5 Å². The molecule has 19 heavy (non-hydrogen) atoms. The van der Waals surface area contributed by atoms with Gasteiger partial charge in [-0.15, -0.1) is 0 Å². The fourth-order valence-corrected chi connectivity index (χ4v) is 2.79. The number of nitrogens with two attached hydrogens (primary N) is 1. The van der Waals surface area contributed by atoms with Crippen molar-refractivity contribution in [2.45, 2.75) is 38.5 Å². The minimum atomic E-state index is 0.0951. The number of anilines is 3. The third-order valence-corrected chi connectivity index (χ3v) is 4.26. The van der Waals surface area contributed by atoms with Crippen LogP contribution < -0.4 is 16.4 Å². The second-order valence-electron chi connectivity index (χ2n) is 5.66. The first kappa shape index (κ1) is 12.3. The van der Waals surface area contributed by atoms with E-state index >= 15 is 0 Å². The molecule has 1 fully saturated rings. The Hall–Kier alpha value is -1.71. The van der Waals surface area contributed by atoms with E-state index in [-0.39, 0.29) is 5.91 Å². The minimum absolute atomic E-state index is 0.0951. The maximum absolute atomic E-state index is 11.4. The van der Waals surface area contributed by atoms with Gasteiger partial charge in [0, 0.05) is 18.7 Å². The standard InChI is InChI=1S/C15H21N3O/c16-12-8-11-4-5-15(19)18-13(11)9-14(12)17-7-6-10-2-1-3-10/h8-10,17H,1-7,16H2,(H,18,19). The molecule has 0 atom stereocenters. The van der Waals surface area contributed by atoms with Crippen molar-refractivity contribution in [3.63, 3.8) is 0 Å². The number of hydrogen-bond acceptors (Lipinski definition) is 3. The first-order valence-electron chi connectivity index (χ1n) is 7.18. The third-order valence-electron chi connectivity index (χ3n) is 4.26. The molecule has 1 saturated carbocycles. The molecule has 0 unspecified atom stereocenters. The summed E-state index contributed by atoms with van der Waals surface area (Å²) in [5.41, 5.74) is 9.85. The zero-order valence-electron chi connectivity index (χ0n) is 11.2. The van der Waals surface area contributed by atoms with E-state index in [2.05, 4.69) is 10.6 Å². The molecule has 1 aromatic carbocycles. The van der Waals surface area contributed by atoms with Gasteiger partial charge in [0.2, 0.25) is 5.91 Å². The lowest BCUT2D eigenvalue weighted by atomic mass is 9.83. The van der Waals surface area contributed by atoms with Crippen LogP contribution in [0.25, 0.3) is 0 Å². The summed E-state index contributed by atoms with van der Waals surface area (Å²) in [5.74, 6) is 0.990. The van der Waals surface area contributed by atoms with E-state index < -0.39 is 0 Å². The summed E-state index contributed by atoms with van der Waals surface area (Å²) in [6, 6.07) is 3.96. The monoisotopic (exact) mass is 259 g/mol. The van der Waals surface area contributed by atoms with E-state index in [1.165, 1.54) is 25.7 Å². The molecule has 2 aliphatic rings. The van der Waals surface area contributed by atoms with Gasteiger partial charge in [0.1, 0.15) is 0 Å². The third kappa shape index (κ3) is 2.67. The predicted octanol–water partition coefficient (Wildman–Crippen LogP) is 2.76. The predicted molar refractivity (Wildman–Crippen MR) is 78.3 cm³/mol. The number of amides is 1. The van der Waals surface area contributed by atoms with Crippen LogP contribution in [0, 0.1) is 5.92 Å². The van der Waals surface area contributed by atoms with E-state index in [0.29, 0.717) is 6.42 Å². The van der Waals surface area contributed by atoms with E-state index in [0.717, 1.165) is 41.5 Å². The number of nitrogen functional groups attached to an aromatic ring is 1. The first-order valence-corrected chi connectivity index (χ1v) is 7.18. The Morgan fingerprint density at radius 2 is 2.16 bits per heavy atom. The van der Waals surface area contributed by atoms with E-state index in [1.807, 2.05) is 12.1 Å². The van der Waals surface area contributed by atoms with Gasteiger partial charge < -0.3 is 16.4 Å². The lowest BCUT2D eigenvalue weighted by Gasteiger charge is -2.26. The Bertz CT molecular complexity index is 494. The lowest BCUT2D eigenvalue weighted by Crippen LogP contribution is -2.20. The highest BCUT2D eigenvalue weighted by molar-refractivity contribution is 5.95. The highest BCUT2D eigenvalue weighted by Gasteiger charge is 2.18. The van der Waals surface area contributed by atoms with Crippen LogP contribution in [-0.4, -0.2) is 12.5 Å². The van der Waals surface area contributed by atoms with Crippen LogP contribution in [0.5, 0.6) is 0 Å². The summed E-state index contributed by atoms with van der Waals surface area (Å²) in [6.45, 7) is 0.960. The van der Waals surface area contributed by atoms with Crippen molar-refractivity contribution in [2.75, 3.05) is 22.9 Å². The summed E-state index contributed by atoms with van der Waals surface area (Å²) in [5, 5.41) is 6.32. The summed E-state index contributed by atoms with van der Waals surface area (Å²) < 4.78 is 0. The molecule has 1 heterocycles. The molecule has 3 rings (SSSR count). The van der Waals surface area contributed by atoms with E-state index in [9.17, 15) is 4.79 Å². The zero-order chi connectivity index (χ0) is 13.2. The molecule has 1 amide bonds. The number of fused-ring (bicyclic) bond motifs is 1. The van der Waals surface area contributed by atoms with Crippen LogP contribution >= 0.6 is 0 Å². The molecule has 0 spiro atoms. The highest BCUT2D eigenvalue weighted by atomic mass is 16.1. The van der Waals surface area contributed by atoms with E-state index in [4.69, 9.17) is 5.73 Å². The molecule has 0 saturated heterocycles. The van der Waals surface area contributed by atoms with Crippen molar-refractivity contribution in [2.24, 2.45) is 5.92 Å². The molecule has 0 bridgehead atoms. The normalized spacial score (nSPS) is 18.4. The molecule has 0 aromatic heterocycles. The van der Waals surface area contributed by atoms with Gasteiger partial charge >= 0.3 is 0 Å². The highest BCUT2D eigenvalue weighted by Crippen LogP contribution is 2.32. The minimum Gasteiger partial charge on any atom is -0.397 e. The summed E-state index contributed by atoms with van der Waals surface area (Å²) in [6.07, 6.45) is 6.68. The van der Waals surface area contributed by atoms with Gasteiger partial charge in [0.05, 0.1) is 11.4 Å². The molecule has 1 aromatic rings. The number of hydrogen-bond donors (Lipinski definition) is 3. The Labute approximate surface area is 113 Å².